The van der Waals surface area contributed by atoms with Crippen LogP contribution in [-0.2, 0) is 4.79 Å². The van der Waals surface area contributed by atoms with Crippen LogP contribution in [0.15, 0.2) is 18.2 Å². The smallest absolute Gasteiger partial charge is 0.258 e. The number of benzene rings is 1. The van der Waals surface area contributed by atoms with Crippen LogP contribution >= 0.6 is 0 Å². The lowest BCUT2D eigenvalue weighted by molar-refractivity contribution is -0.122. The highest BCUT2D eigenvalue weighted by atomic mass is 16.5. The van der Waals surface area contributed by atoms with E-state index in [1.54, 1.807) is 0 Å². The molecule has 0 aliphatic carbocycles. The van der Waals surface area contributed by atoms with Gasteiger partial charge in [-0.1, -0.05) is 18.1 Å². The predicted molar refractivity (Wildman–Crippen MR) is 71.1 cm³/mol. The minimum Gasteiger partial charge on any atom is -0.483 e. The molecule has 1 aromatic carbocycles. The number of amides is 1. The first-order valence-corrected chi connectivity index (χ1v) is 5.73. The van der Waals surface area contributed by atoms with Gasteiger partial charge in [-0.3, -0.25) is 4.79 Å². The van der Waals surface area contributed by atoms with Crippen molar-refractivity contribution in [1.82, 2.24) is 5.32 Å². The SMILES string of the molecule is C#CCNC(=O)COc1cc(C)ccc1C(C)N. The lowest BCUT2D eigenvalue weighted by Gasteiger charge is -2.14. The number of carbonyl (C=O) groups excluding carboxylic acids is 1. The van der Waals surface area contributed by atoms with Crippen LogP contribution in [0.1, 0.15) is 24.1 Å². The van der Waals surface area contributed by atoms with Crippen LogP contribution in [0.5, 0.6) is 5.75 Å². The Bertz CT molecular complexity index is 461. The summed E-state index contributed by atoms with van der Waals surface area (Å²) in [6.45, 7) is 3.97. The van der Waals surface area contributed by atoms with Gasteiger partial charge in [-0.25, -0.2) is 0 Å². The van der Waals surface area contributed by atoms with Gasteiger partial charge in [0.15, 0.2) is 6.61 Å². The van der Waals surface area contributed by atoms with Gasteiger partial charge in [0.2, 0.25) is 0 Å². The zero-order chi connectivity index (χ0) is 13.5. The van der Waals surface area contributed by atoms with Crippen molar-refractivity contribution in [1.29, 1.82) is 0 Å². The molecule has 0 heterocycles. The summed E-state index contributed by atoms with van der Waals surface area (Å²) in [5.74, 6) is 2.72. The number of hydrogen-bond donors (Lipinski definition) is 2. The van der Waals surface area contributed by atoms with Crippen LogP contribution in [-0.4, -0.2) is 19.1 Å². The largest absolute Gasteiger partial charge is 0.483 e. The Kier molecular flexibility index (Phi) is 5.22. The molecule has 0 aromatic heterocycles. The summed E-state index contributed by atoms with van der Waals surface area (Å²) in [7, 11) is 0. The molecule has 18 heavy (non-hydrogen) atoms. The van der Waals surface area contributed by atoms with E-state index in [-0.39, 0.29) is 25.1 Å². The number of ether oxygens (including phenoxy) is 1. The average molecular weight is 246 g/mol. The molecule has 0 bridgehead atoms. The summed E-state index contributed by atoms with van der Waals surface area (Å²) >= 11 is 0. The van der Waals surface area contributed by atoms with Crippen molar-refractivity contribution in [2.75, 3.05) is 13.2 Å². The van der Waals surface area contributed by atoms with Crippen LogP contribution in [0, 0.1) is 19.3 Å². The van der Waals surface area contributed by atoms with Crippen molar-refractivity contribution >= 4 is 5.91 Å². The molecule has 0 radical (unpaired) electrons. The van der Waals surface area contributed by atoms with Gasteiger partial charge >= 0.3 is 0 Å². The molecule has 0 saturated heterocycles. The van der Waals surface area contributed by atoms with Gasteiger partial charge in [0.25, 0.3) is 5.91 Å². The molecular formula is C14H18N2O2. The highest BCUT2D eigenvalue weighted by Crippen LogP contribution is 2.24. The monoisotopic (exact) mass is 246 g/mol. The third-order valence-electron chi connectivity index (χ3n) is 2.41. The van der Waals surface area contributed by atoms with Crippen LogP contribution in [0.3, 0.4) is 0 Å². The molecule has 1 atom stereocenters. The third-order valence-corrected chi connectivity index (χ3v) is 2.41. The topological polar surface area (TPSA) is 64.3 Å². The molecule has 4 nitrogen and oxygen atoms in total. The van der Waals surface area contributed by atoms with E-state index >= 15 is 0 Å². The fraction of sp³-hybridized carbons (Fsp3) is 0.357. The molecule has 0 fully saturated rings. The van der Waals surface area contributed by atoms with Gasteiger partial charge in [-0.15, -0.1) is 6.42 Å². The number of terminal acetylenes is 1. The van der Waals surface area contributed by atoms with Gasteiger partial charge in [-0.2, -0.15) is 0 Å². The maximum Gasteiger partial charge on any atom is 0.258 e. The first-order valence-electron chi connectivity index (χ1n) is 5.73. The zero-order valence-corrected chi connectivity index (χ0v) is 10.7. The Morgan fingerprint density at radius 2 is 2.33 bits per heavy atom. The first-order chi connectivity index (χ1) is 8.54. The Morgan fingerprint density at radius 3 is 2.94 bits per heavy atom. The molecule has 0 saturated carbocycles. The summed E-state index contributed by atoms with van der Waals surface area (Å²) in [6, 6.07) is 5.60. The molecule has 1 amide bonds. The minimum absolute atomic E-state index is 0.0646. The molecule has 96 valence electrons. The minimum atomic E-state index is -0.245. The number of rotatable bonds is 5. The van der Waals surface area contributed by atoms with E-state index in [9.17, 15) is 4.79 Å². The van der Waals surface area contributed by atoms with Gasteiger partial charge in [0, 0.05) is 11.6 Å². The van der Waals surface area contributed by atoms with Crippen molar-refractivity contribution in [3.05, 3.63) is 29.3 Å². The zero-order valence-electron chi connectivity index (χ0n) is 10.7. The summed E-state index contributed by atoms with van der Waals surface area (Å²) in [4.78, 5) is 11.4. The molecule has 4 heteroatoms. The maximum atomic E-state index is 11.4. The molecule has 0 aliphatic rings. The lowest BCUT2D eigenvalue weighted by atomic mass is 10.1. The number of nitrogens with one attached hydrogen (secondary N) is 1. The van der Waals surface area contributed by atoms with Crippen LogP contribution in [0.2, 0.25) is 0 Å². The molecule has 3 N–H and O–H groups in total. The van der Waals surface area contributed by atoms with Gasteiger partial charge < -0.3 is 15.8 Å². The summed E-state index contributed by atoms with van der Waals surface area (Å²) in [6.07, 6.45) is 5.05. The standard InChI is InChI=1S/C14H18N2O2/c1-4-7-16-14(17)9-18-13-8-10(2)5-6-12(13)11(3)15/h1,5-6,8,11H,7,9,15H2,2-3H3,(H,16,17). The first kappa shape index (κ1) is 14.1. The maximum absolute atomic E-state index is 11.4. The number of aryl methyl sites for hydroxylation is 1. The Balaban J connectivity index is 2.69. The fourth-order valence-corrected chi connectivity index (χ4v) is 1.49. The van der Waals surface area contributed by atoms with E-state index in [1.165, 1.54) is 0 Å². The van der Waals surface area contributed by atoms with Crippen molar-refractivity contribution < 1.29 is 9.53 Å². The molecule has 1 unspecified atom stereocenters. The molecule has 1 aromatic rings. The second-order valence-electron chi connectivity index (χ2n) is 4.10. The Hall–Kier alpha value is -1.99. The number of nitrogens with two attached hydrogens (primary N) is 1. The predicted octanol–water partition coefficient (Wildman–Crippen LogP) is 1.14. The number of carbonyl (C=O) groups is 1. The number of hydrogen-bond acceptors (Lipinski definition) is 3. The molecule has 1 rings (SSSR count). The van der Waals surface area contributed by atoms with Crippen LogP contribution in [0.4, 0.5) is 0 Å². The average Bonchev–Trinajstić information content (AvgIpc) is 2.33. The summed E-state index contributed by atoms with van der Waals surface area (Å²) in [5, 5.41) is 2.53. The van der Waals surface area contributed by atoms with E-state index in [0.717, 1.165) is 11.1 Å². The van der Waals surface area contributed by atoms with Crippen molar-refractivity contribution in [2.45, 2.75) is 19.9 Å². The normalized spacial score (nSPS) is 11.4. The van der Waals surface area contributed by atoms with Gasteiger partial charge in [0.1, 0.15) is 5.75 Å². The quantitative estimate of drug-likeness (QED) is 0.766. The Morgan fingerprint density at radius 1 is 1.61 bits per heavy atom. The van der Waals surface area contributed by atoms with Crippen molar-refractivity contribution in [3.8, 4) is 18.1 Å². The van der Waals surface area contributed by atoms with E-state index < -0.39 is 0 Å². The fourth-order valence-electron chi connectivity index (χ4n) is 1.49. The Labute approximate surface area is 108 Å². The highest BCUT2D eigenvalue weighted by molar-refractivity contribution is 5.77. The molecule has 0 spiro atoms. The van der Waals surface area contributed by atoms with Gasteiger partial charge in [-0.05, 0) is 25.5 Å². The highest BCUT2D eigenvalue weighted by Gasteiger charge is 2.10. The van der Waals surface area contributed by atoms with Crippen molar-refractivity contribution in [3.63, 3.8) is 0 Å². The third kappa shape index (κ3) is 4.11. The van der Waals surface area contributed by atoms with Crippen LogP contribution in [0.25, 0.3) is 0 Å². The lowest BCUT2D eigenvalue weighted by Crippen LogP contribution is -2.29. The van der Waals surface area contributed by atoms with Gasteiger partial charge in [0.05, 0.1) is 6.54 Å². The van der Waals surface area contributed by atoms with E-state index in [1.807, 2.05) is 32.0 Å². The second-order valence-corrected chi connectivity index (χ2v) is 4.10. The van der Waals surface area contributed by atoms with E-state index in [4.69, 9.17) is 16.9 Å². The summed E-state index contributed by atoms with van der Waals surface area (Å²) < 4.78 is 5.48. The van der Waals surface area contributed by atoms with Crippen LogP contribution < -0.4 is 15.8 Å². The van der Waals surface area contributed by atoms with E-state index in [2.05, 4.69) is 11.2 Å². The summed E-state index contributed by atoms with van der Waals surface area (Å²) in [5.41, 5.74) is 7.78. The molecule has 0 aliphatic heterocycles. The molecular weight excluding hydrogens is 228 g/mol. The second kappa shape index (κ2) is 6.67. The van der Waals surface area contributed by atoms with Crippen molar-refractivity contribution in [2.24, 2.45) is 5.73 Å². The van der Waals surface area contributed by atoms with E-state index in [0.29, 0.717) is 5.75 Å².